The second-order valence-corrected chi connectivity index (χ2v) is 8.91. The molecule has 0 saturated carbocycles. The minimum Gasteiger partial charge on any atom is -0.369 e. The molecule has 0 bridgehead atoms. The summed E-state index contributed by atoms with van der Waals surface area (Å²) in [5, 5.41) is 18.2. The number of rotatable bonds is 9. The average Bonchev–Trinajstić information content (AvgIpc) is 3.60. The maximum Gasteiger partial charge on any atom is 0.229 e. The Balaban J connectivity index is 1.42. The minimum atomic E-state index is -0.00235. The van der Waals surface area contributed by atoms with E-state index in [1.54, 1.807) is 6.20 Å². The largest absolute Gasteiger partial charge is 0.369 e. The lowest BCUT2D eigenvalue weighted by atomic mass is 10.1. The van der Waals surface area contributed by atoms with Crippen molar-refractivity contribution >= 4 is 23.4 Å². The summed E-state index contributed by atoms with van der Waals surface area (Å²) in [4.78, 5) is 18.4. The lowest BCUT2D eigenvalue weighted by Gasteiger charge is -2.24. The van der Waals surface area contributed by atoms with E-state index in [1.807, 2.05) is 57.4 Å². The Morgan fingerprint density at radius 2 is 2.00 bits per heavy atom. The first-order valence-corrected chi connectivity index (χ1v) is 11.8. The van der Waals surface area contributed by atoms with Gasteiger partial charge >= 0.3 is 0 Å². The molecule has 0 aliphatic carbocycles. The molecule has 0 spiro atoms. The number of anilines is 4. The predicted octanol–water partition coefficient (Wildman–Crippen LogP) is 3.62. The van der Waals surface area contributed by atoms with Crippen molar-refractivity contribution in [2.45, 2.75) is 25.8 Å². The molecule has 35 heavy (non-hydrogen) atoms. The van der Waals surface area contributed by atoms with Crippen LogP contribution in [0.15, 0.2) is 47.1 Å². The molecule has 1 aliphatic rings. The van der Waals surface area contributed by atoms with Gasteiger partial charge in [-0.15, -0.1) is 0 Å². The van der Waals surface area contributed by atoms with Crippen molar-refractivity contribution in [3.63, 3.8) is 0 Å². The van der Waals surface area contributed by atoms with Crippen molar-refractivity contribution < 1.29 is 4.52 Å². The van der Waals surface area contributed by atoms with E-state index >= 15 is 0 Å². The summed E-state index contributed by atoms with van der Waals surface area (Å²) < 4.78 is 5.77. The number of aryl methyl sites for hydroxylation is 1. The average molecular weight is 475 g/mol. The lowest BCUT2D eigenvalue weighted by molar-refractivity contribution is 0.362. The Kier molecular flexibility index (Phi) is 6.57. The second kappa shape index (κ2) is 10.1. The summed E-state index contributed by atoms with van der Waals surface area (Å²) in [7, 11) is 4.09. The van der Waals surface area contributed by atoms with E-state index in [4.69, 9.17) is 14.5 Å². The molecule has 11 nitrogen and oxygen atoms in total. The van der Waals surface area contributed by atoms with Gasteiger partial charge in [-0.2, -0.15) is 15.1 Å². The molecular weight excluding hydrogens is 444 g/mol. The number of nitrogens with zero attached hydrogens (tertiary/aromatic N) is 7. The number of hydrogen-bond acceptors (Lipinski definition) is 10. The SMILES string of the molecule is Cc1cc(Nc2cc(NCCN(C)C)nc(N3CCCC3c3cc(-c4ccccn4)no3)n2)n[nH]1. The molecule has 1 saturated heterocycles. The van der Waals surface area contributed by atoms with Crippen LogP contribution in [0.25, 0.3) is 11.4 Å². The fourth-order valence-corrected chi connectivity index (χ4v) is 4.12. The smallest absolute Gasteiger partial charge is 0.229 e. The predicted molar refractivity (Wildman–Crippen MR) is 135 cm³/mol. The lowest BCUT2D eigenvalue weighted by Crippen LogP contribution is -2.26. The van der Waals surface area contributed by atoms with E-state index in [9.17, 15) is 0 Å². The van der Waals surface area contributed by atoms with Crippen molar-refractivity contribution in [2.24, 2.45) is 0 Å². The van der Waals surface area contributed by atoms with Crippen molar-refractivity contribution in [3.05, 3.63) is 54.0 Å². The number of nitrogens with one attached hydrogen (secondary N) is 3. The van der Waals surface area contributed by atoms with Crippen LogP contribution < -0.4 is 15.5 Å². The zero-order valence-corrected chi connectivity index (χ0v) is 20.2. The molecule has 4 aromatic heterocycles. The van der Waals surface area contributed by atoms with E-state index in [0.717, 1.165) is 61.1 Å². The summed E-state index contributed by atoms with van der Waals surface area (Å²) in [5.41, 5.74) is 2.49. The van der Waals surface area contributed by atoms with E-state index in [0.29, 0.717) is 17.6 Å². The molecule has 1 unspecified atom stereocenters. The number of likely N-dealkylation sites (N-methyl/N-ethyl adjacent to an activating group) is 1. The summed E-state index contributed by atoms with van der Waals surface area (Å²) >= 11 is 0. The standard InChI is InChI=1S/C24H30N10O/c1-16-13-23(31-30-16)27-22-15-21(26-10-12-33(2)3)28-24(29-22)34-11-6-8-19(34)20-14-18(32-35-20)17-7-4-5-9-25-17/h4-5,7,9,13-15,19H,6,8,10-12H2,1-3H3,(H3,26,27,28,29,30,31). The van der Waals surface area contributed by atoms with Crippen LogP contribution in [-0.4, -0.2) is 68.9 Å². The van der Waals surface area contributed by atoms with Crippen LogP contribution in [0, 0.1) is 6.92 Å². The van der Waals surface area contributed by atoms with Gasteiger partial charge in [0, 0.05) is 49.7 Å². The van der Waals surface area contributed by atoms with E-state index in [1.165, 1.54) is 0 Å². The minimum absolute atomic E-state index is 0.00235. The number of H-pyrrole nitrogens is 1. The fourth-order valence-electron chi connectivity index (χ4n) is 4.12. The van der Waals surface area contributed by atoms with Gasteiger partial charge in [0.1, 0.15) is 17.3 Å². The summed E-state index contributed by atoms with van der Waals surface area (Å²) in [5.74, 6) is 3.55. The number of pyridine rings is 1. The topological polar surface area (TPSA) is 124 Å². The van der Waals surface area contributed by atoms with Crippen LogP contribution in [-0.2, 0) is 0 Å². The number of hydrogen-bond donors (Lipinski definition) is 3. The van der Waals surface area contributed by atoms with E-state index in [-0.39, 0.29) is 6.04 Å². The molecule has 5 heterocycles. The Labute approximate surface area is 204 Å². The molecule has 0 amide bonds. The Morgan fingerprint density at radius 1 is 1.11 bits per heavy atom. The van der Waals surface area contributed by atoms with Crippen LogP contribution in [0.1, 0.15) is 30.3 Å². The molecule has 0 radical (unpaired) electrons. The van der Waals surface area contributed by atoms with Crippen molar-refractivity contribution in [3.8, 4) is 11.4 Å². The Bertz CT molecular complexity index is 1250. The van der Waals surface area contributed by atoms with Gasteiger partial charge in [-0.3, -0.25) is 10.1 Å². The van der Waals surface area contributed by atoms with Gasteiger partial charge in [0.15, 0.2) is 11.6 Å². The maximum atomic E-state index is 5.77. The zero-order chi connectivity index (χ0) is 24.2. The highest BCUT2D eigenvalue weighted by atomic mass is 16.5. The summed E-state index contributed by atoms with van der Waals surface area (Å²) in [6, 6.07) is 11.6. The summed E-state index contributed by atoms with van der Waals surface area (Å²) in [6.45, 7) is 4.44. The van der Waals surface area contributed by atoms with E-state index in [2.05, 4.69) is 40.8 Å². The van der Waals surface area contributed by atoms with Crippen molar-refractivity contribution in [2.75, 3.05) is 49.3 Å². The molecule has 11 heteroatoms. The third-order valence-electron chi connectivity index (χ3n) is 5.84. The van der Waals surface area contributed by atoms with Crippen LogP contribution in [0.3, 0.4) is 0 Å². The molecule has 182 valence electrons. The molecule has 5 rings (SSSR count). The Morgan fingerprint density at radius 3 is 2.77 bits per heavy atom. The Hall–Kier alpha value is -3.99. The highest BCUT2D eigenvalue weighted by molar-refractivity contribution is 5.60. The highest BCUT2D eigenvalue weighted by Crippen LogP contribution is 2.36. The van der Waals surface area contributed by atoms with Gasteiger partial charge in [-0.25, -0.2) is 0 Å². The quantitative estimate of drug-likeness (QED) is 0.331. The van der Waals surface area contributed by atoms with E-state index < -0.39 is 0 Å². The van der Waals surface area contributed by atoms with Crippen LogP contribution in [0.2, 0.25) is 0 Å². The molecule has 1 atom stereocenters. The second-order valence-electron chi connectivity index (χ2n) is 8.91. The number of aromatic amines is 1. The molecule has 0 aromatic carbocycles. The summed E-state index contributed by atoms with van der Waals surface area (Å²) in [6.07, 6.45) is 3.69. The van der Waals surface area contributed by atoms with Gasteiger partial charge in [0.2, 0.25) is 5.95 Å². The molecule has 1 aliphatic heterocycles. The normalized spacial score (nSPS) is 15.7. The maximum absolute atomic E-state index is 5.77. The van der Waals surface area contributed by atoms with Gasteiger partial charge in [0.05, 0.1) is 11.7 Å². The van der Waals surface area contributed by atoms with Gasteiger partial charge < -0.3 is 25.0 Å². The first-order chi connectivity index (χ1) is 17.0. The van der Waals surface area contributed by atoms with Crippen molar-refractivity contribution in [1.29, 1.82) is 0 Å². The third-order valence-corrected chi connectivity index (χ3v) is 5.84. The van der Waals surface area contributed by atoms with Crippen LogP contribution in [0.5, 0.6) is 0 Å². The monoisotopic (exact) mass is 474 g/mol. The molecule has 3 N–H and O–H groups in total. The zero-order valence-electron chi connectivity index (χ0n) is 20.2. The van der Waals surface area contributed by atoms with Gasteiger partial charge in [-0.05, 0) is 46.0 Å². The molecule has 4 aromatic rings. The first kappa shape index (κ1) is 22.8. The molecular formula is C24H30N10O. The third kappa shape index (κ3) is 5.40. The van der Waals surface area contributed by atoms with Crippen LogP contribution in [0.4, 0.5) is 23.4 Å². The first-order valence-electron chi connectivity index (χ1n) is 11.8. The van der Waals surface area contributed by atoms with Gasteiger partial charge in [-0.1, -0.05) is 11.2 Å². The van der Waals surface area contributed by atoms with Gasteiger partial charge in [0.25, 0.3) is 0 Å². The fraction of sp³-hybridized carbons (Fsp3) is 0.375. The molecule has 1 fully saturated rings. The highest BCUT2D eigenvalue weighted by Gasteiger charge is 2.32. The number of aromatic nitrogens is 6. The van der Waals surface area contributed by atoms with Crippen LogP contribution >= 0.6 is 0 Å². The van der Waals surface area contributed by atoms with Crippen molar-refractivity contribution in [1.82, 2.24) is 35.2 Å².